The second-order valence-electron chi connectivity index (χ2n) is 8.03. The van der Waals surface area contributed by atoms with Gasteiger partial charge < -0.3 is 24.3 Å². The maximum atomic E-state index is 12.4. The minimum absolute atomic E-state index is 0.0742. The topological polar surface area (TPSA) is 91.8 Å². The van der Waals surface area contributed by atoms with Gasteiger partial charge in [-0.2, -0.15) is 0 Å². The highest BCUT2D eigenvalue weighted by molar-refractivity contribution is 5.93. The Morgan fingerprint density at radius 1 is 0.946 bits per heavy atom. The molecule has 0 spiro atoms. The van der Waals surface area contributed by atoms with E-state index >= 15 is 0 Å². The molecule has 3 aromatic carbocycles. The van der Waals surface area contributed by atoms with Gasteiger partial charge in [0.2, 0.25) is 0 Å². The number of aromatic nitrogens is 2. The van der Waals surface area contributed by atoms with Gasteiger partial charge in [-0.05, 0) is 42.8 Å². The fraction of sp³-hybridized carbons (Fsp3) is 0.207. The number of esters is 1. The third-order valence-corrected chi connectivity index (χ3v) is 5.48. The third-order valence-electron chi connectivity index (χ3n) is 5.48. The van der Waals surface area contributed by atoms with E-state index in [1.165, 1.54) is 6.33 Å². The zero-order valence-electron chi connectivity index (χ0n) is 20.7. The molecule has 4 rings (SSSR count). The lowest BCUT2D eigenvalue weighted by atomic mass is 10.1. The number of benzene rings is 3. The van der Waals surface area contributed by atoms with E-state index in [1.54, 1.807) is 25.3 Å². The summed E-state index contributed by atoms with van der Waals surface area (Å²) in [6.07, 6.45) is 7.00. The number of anilines is 2. The first-order valence-corrected chi connectivity index (χ1v) is 11.7. The van der Waals surface area contributed by atoms with Crippen LogP contribution in [0, 0.1) is 19.3 Å². The van der Waals surface area contributed by atoms with E-state index in [9.17, 15) is 4.79 Å². The van der Waals surface area contributed by atoms with Crippen molar-refractivity contribution in [3.05, 3.63) is 83.7 Å². The number of carbonyl (C=O) groups is 1. The van der Waals surface area contributed by atoms with Crippen molar-refractivity contribution in [1.29, 1.82) is 0 Å². The summed E-state index contributed by atoms with van der Waals surface area (Å²) in [5.74, 6) is 3.78. The summed E-state index contributed by atoms with van der Waals surface area (Å²) in [6.45, 7) is 2.80. The van der Waals surface area contributed by atoms with Crippen molar-refractivity contribution in [2.24, 2.45) is 0 Å². The Balaban J connectivity index is 1.52. The standard InChI is InChI=1S/C29H27N3O5/c1-4-21-9-7-10-22(16-21)32-28-24-17-26(35-13-12-34-3)27(18-25(24)30-19-31-28)36-14-15-37-29(33)23-11-6-5-8-20(23)2/h1,5-11,16-19H,12-15H2,2-3H3,(H,30,31,32). The fourth-order valence-corrected chi connectivity index (χ4v) is 3.61. The Kier molecular flexibility index (Phi) is 8.53. The Bertz CT molecular complexity index is 1430. The number of methoxy groups -OCH3 is 1. The van der Waals surface area contributed by atoms with Gasteiger partial charge >= 0.3 is 5.97 Å². The van der Waals surface area contributed by atoms with E-state index < -0.39 is 5.97 Å². The number of aryl methyl sites for hydroxylation is 1. The molecule has 8 heteroatoms. The second kappa shape index (κ2) is 12.4. The van der Waals surface area contributed by atoms with Crippen molar-refractivity contribution in [1.82, 2.24) is 9.97 Å². The van der Waals surface area contributed by atoms with Crippen LogP contribution in [0.1, 0.15) is 21.5 Å². The molecule has 37 heavy (non-hydrogen) atoms. The predicted octanol–water partition coefficient (Wildman–Crippen LogP) is 4.92. The third kappa shape index (κ3) is 6.54. The maximum Gasteiger partial charge on any atom is 0.338 e. The number of hydrogen-bond acceptors (Lipinski definition) is 8. The molecule has 8 nitrogen and oxygen atoms in total. The lowest BCUT2D eigenvalue weighted by molar-refractivity contribution is 0.0447. The second-order valence-corrected chi connectivity index (χ2v) is 8.03. The Hall–Kier alpha value is -4.61. The summed E-state index contributed by atoms with van der Waals surface area (Å²) in [7, 11) is 1.60. The molecule has 0 aliphatic rings. The van der Waals surface area contributed by atoms with Gasteiger partial charge in [-0.25, -0.2) is 14.8 Å². The molecule has 1 heterocycles. The molecule has 0 amide bonds. The van der Waals surface area contributed by atoms with Gasteiger partial charge in [0.25, 0.3) is 0 Å². The first-order valence-electron chi connectivity index (χ1n) is 11.7. The quantitative estimate of drug-likeness (QED) is 0.177. The summed E-state index contributed by atoms with van der Waals surface area (Å²) >= 11 is 0. The smallest absolute Gasteiger partial charge is 0.338 e. The number of nitrogens with zero attached hydrogens (tertiary/aromatic N) is 2. The molecule has 4 aromatic rings. The molecule has 0 aliphatic heterocycles. The van der Waals surface area contributed by atoms with Gasteiger partial charge in [0.1, 0.15) is 32.0 Å². The Morgan fingerprint density at radius 3 is 2.51 bits per heavy atom. The molecule has 1 N–H and O–H groups in total. The lowest BCUT2D eigenvalue weighted by Gasteiger charge is -2.15. The number of ether oxygens (including phenoxy) is 4. The van der Waals surface area contributed by atoms with Gasteiger partial charge in [0.15, 0.2) is 11.5 Å². The highest BCUT2D eigenvalue weighted by atomic mass is 16.6. The SMILES string of the molecule is C#Cc1cccc(Nc2ncnc3cc(OCCOC(=O)c4ccccc4C)c(OCCOC)cc23)c1. The molecule has 188 valence electrons. The van der Waals surface area contributed by atoms with Gasteiger partial charge in [-0.3, -0.25) is 0 Å². The zero-order valence-corrected chi connectivity index (χ0v) is 20.7. The van der Waals surface area contributed by atoms with Crippen LogP contribution in [0.15, 0.2) is 67.0 Å². The Morgan fingerprint density at radius 2 is 1.73 bits per heavy atom. The van der Waals surface area contributed by atoms with Crippen LogP contribution in [-0.4, -0.2) is 49.5 Å². The molecule has 0 fully saturated rings. The molecular weight excluding hydrogens is 470 g/mol. The molecule has 0 saturated carbocycles. The first-order chi connectivity index (χ1) is 18.1. The van der Waals surface area contributed by atoms with E-state index in [2.05, 4.69) is 21.2 Å². The van der Waals surface area contributed by atoms with Crippen molar-refractivity contribution in [3.8, 4) is 23.8 Å². The van der Waals surface area contributed by atoms with Gasteiger partial charge in [0.05, 0.1) is 17.7 Å². The first kappa shape index (κ1) is 25.5. The molecule has 0 atom stereocenters. The summed E-state index contributed by atoms with van der Waals surface area (Å²) in [5, 5.41) is 4.03. The predicted molar refractivity (Wildman–Crippen MR) is 142 cm³/mol. The minimum Gasteiger partial charge on any atom is -0.487 e. The Labute approximate surface area is 215 Å². The summed E-state index contributed by atoms with van der Waals surface area (Å²) in [6, 6.07) is 18.3. The normalized spacial score (nSPS) is 10.5. The number of carbonyl (C=O) groups excluding carboxylic acids is 1. The maximum absolute atomic E-state index is 12.4. The molecule has 0 aliphatic carbocycles. The van der Waals surface area contributed by atoms with Crippen molar-refractivity contribution in [2.45, 2.75) is 6.92 Å². The van der Waals surface area contributed by atoms with Crippen LogP contribution in [0.3, 0.4) is 0 Å². The van der Waals surface area contributed by atoms with Crippen LogP contribution in [0.25, 0.3) is 10.9 Å². The molecule has 0 unspecified atom stereocenters. The number of nitrogens with one attached hydrogen (secondary N) is 1. The van der Waals surface area contributed by atoms with Crippen LogP contribution in [0.4, 0.5) is 11.5 Å². The van der Waals surface area contributed by atoms with Crippen LogP contribution in [0.5, 0.6) is 11.5 Å². The monoisotopic (exact) mass is 497 g/mol. The summed E-state index contributed by atoms with van der Waals surface area (Å²) in [4.78, 5) is 21.2. The zero-order chi connectivity index (χ0) is 26.0. The summed E-state index contributed by atoms with van der Waals surface area (Å²) in [5.41, 5.74) is 3.59. The molecular formula is C29H27N3O5. The number of rotatable bonds is 11. The van der Waals surface area contributed by atoms with Gasteiger partial charge in [-0.1, -0.05) is 30.2 Å². The van der Waals surface area contributed by atoms with Crippen LogP contribution < -0.4 is 14.8 Å². The average Bonchev–Trinajstić information content (AvgIpc) is 2.92. The number of hydrogen-bond donors (Lipinski definition) is 1. The average molecular weight is 498 g/mol. The van der Waals surface area contributed by atoms with E-state index in [0.29, 0.717) is 41.6 Å². The van der Waals surface area contributed by atoms with Crippen molar-refractivity contribution in [2.75, 3.05) is 38.9 Å². The number of terminal acetylenes is 1. The van der Waals surface area contributed by atoms with Crippen LogP contribution >= 0.6 is 0 Å². The van der Waals surface area contributed by atoms with E-state index in [1.807, 2.05) is 49.4 Å². The van der Waals surface area contributed by atoms with Crippen molar-refractivity contribution < 1.29 is 23.7 Å². The van der Waals surface area contributed by atoms with Crippen molar-refractivity contribution >= 4 is 28.4 Å². The lowest BCUT2D eigenvalue weighted by Crippen LogP contribution is -2.14. The van der Waals surface area contributed by atoms with E-state index in [0.717, 1.165) is 22.2 Å². The largest absolute Gasteiger partial charge is 0.487 e. The molecule has 1 aromatic heterocycles. The highest BCUT2D eigenvalue weighted by Gasteiger charge is 2.14. The highest BCUT2D eigenvalue weighted by Crippen LogP contribution is 2.35. The van der Waals surface area contributed by atoms with Gasteiger partial charge in [0, 0.05) is 29.8 Å². The fourth-order valence-electron chi connectivity index (χ4n) is 3.61. The van der Waals surface area contributed by atoms with E-state index in [-0.39, 0.29) is 13.2 Å². The van der Waals surface area contributed by atoms with Gasteiger partial charge in [-0.15, -0.1) is 6.42 Å². The summed E-state index contributed by atoms with van der Waals surface area (Å²) < 4.78 is 22.4. The number of fused-ring (bicyclic) bond motifs is 1. The van der Waals surface area contributed by atoms with E-state index in [4.69, 9.17) is 25.4 Å². The van der Waals surface area contributed by atoms with Crippen molar-refractivity contribution in [3.63, 3.8) is 0 Å². The van der Waals surface area contributed by atoms with Crippen LogP contribution in [-0.2, 0) is 9.47 Å². The molecule has 0 radical (unpaired) electrons. The molecule has 0 saturated heterocycles. The van der Waals surface area contributed by atoms with Crippen LogP contribution in [0.2, 0.25) is 0 Å². The molecule has 0 bridgehead atoms. The minimum atomic E-state index is -0.394.